The molecule has 0 radical (unpaired) electrons. The van der Waals surface area contributed by atoms with Gasteiger partial charge in [0.1, 0.15) is 0 Å². The van der Waals surface area contributed by atoms with Crippen LogP contribution in [0.25, 0.3) is 22.0 Å². The van der Waals surface area contributed by atoms with Crippen molar-refractivity contribution in [1.29, 1.82) is 0 Å². The second kappa shape index (κ2) is 11.0. The van der Waals surface area contributed by atoms with Crippen LogP contribution in [0.3, 0.4) is 0 Å². The Hall–Kier alpha value is -2.99. The van der Waals surface area contributed by atoms with Crippen LogP contribution in [-0.2, 0) is 13.0 Å². The highest BCUT2D eigenvalue weighted by molar-refractivity contribution is 6.13. The van der Waals surface area contributed by atoms with Crippen LogP contribution < -0.4 is 35.9 Å². The van der Waals surface area contributed by atoms with Crippen LogP contribution in [0.2, 0.25) is 0 Å². The smallest absolute Gasteiger partial charge is 0.224 e. The van der Waals surface area contributed by atoms with Gasteiger partial charge in [0, 0.05) is 18.2 Å². The third-order valence-corrected chi connectivity index (χ3v) is 6.44. The number of aromatic nitrogens is 1. The predicted octanol–water partition coefficient (Wildman–Crippen LogP) is 2.15. The third-order valence-electron chi connectivity index (χ3n) is 6.44. The van der Waals surface area contributed by atoms with Gasteiger partial charge in [-0.2, -0.15) is 4.57 Å². The van der Waals surface area contributed by atoms with Crippen LogP contribution in [0, 0.1) is 0 Å². The number of nitrogens with zero attached hydrogens (tertiary/aromatic N) is 1. The number of hydrogen-bond donors (Lipinski definition) is 0. The summed E-state index contributed by atoms with van der Waals surface area (Å²) in [6.07, 6.45) is 6.39. The molecule has 1 aliphatic rings. The maximum Gasteiger partial charge on any atom is 0.224 e. The van der Waals surface area contributed by atoms with Gasteiger partial charge in [-0.25, -0.2) is 0 Å². The lowest BCUT2D eigenvalue weighted by Crippen LogP contribution is -3.00. The van der Waals surface area contributed by atoms with E-state index in [1.54, 1.807) is 28.4 Å². The molecule has 0 unspecified atom stereocenters. The Kier molecular flexibility index (Phi) is 8.26. The number of ether oxygens (including phenoxy) is 4. The van der Waals surface area contributed by atoms with E-state index in [-0.39, 0.29) is 18.2 Å². The Bertz CT molecular complexity index is 1210. The maximum absolute atomic E-state index is 13.7. The van der Waals surface area contributed by atoms with Crippen molar-refractivity contribution in [3.05, 3.63) is 41.6 Å². The van der Waals surface area contributed by atoms with Gasteiger partial charge >= 0.3 is 0 Å². The van der Waals surface area contributed by atoms with Crippen molar-refractivity contribution in [2.75, 3.05) is 28.4 Å². The minimum atomic E-state index is 0. The molecule has 182 valence electrons. The monoisotopic (exact) mass is 485 g/mol. The van der Waals surface area contributed by atoms with E-state index in [0.717, 1.165) is 65.4 Å². The molecule has 0 aliphatic carbocycles. The predicted molar refractivity (Wildman–Crippen MR) is 128 cm³/mol. The fourth-order valence-corrected chi connectivity index (χ4v) is 4.79. The molecule has 0 saturated heterocycles. The first-order chi connectivity index (χ1) is 16.1. The number of benzene rings is 2. The number of carbonyl (C=O) groups is 1. The summed E-state index contributed by atoms with van der Waals surface area (Å²) in [6, 6.07) is 7.87. The standard InChI is InChI=1S/C27H32NO5.ClH/c1-6-7-8-9-21(29)25-18-10-11-22(30-2)27(33-5)20(18)16-28-13-12-17-14-23(31-3)24(32-4)15-19(17)26(25)28;/h10-11,14-16H,6-9,12-13H2,1-5H3;1H/q+1;/p-1. The molecule has 0 bridgehead atoms. The zero-order valence-corrected chi connectivity index (χ0v) is 21.3. The van der Waals surface area contributed by atoms with E-state index in [4.69, 9.17) is 18.9 Å². The van der Waals surface area contributed by atoms with Crippen LogP contribution in [0.5, 0.6) is 23.0 Å². The number of rotatable bonds is 9. The van der Waals surface area contributed by atoms with Gasteiger partial charge < -0.3 is 31.4 Å². The number of methoxy groups -OCH3 is 4. The molecule has 0 atom stereocenters. The molecule has 1 aliphatic heterocycles. The molecule has 0 N–H and O–H groups in total. The number of hydrogen-bond acceptors (Lipinski definition) is 5. The average molecular weight is 486 g/mol. The van der Waals surface area contributed by atoms with Gasteiger partial charge in [-0.15, -0.1) is 0 Å². The maximum atomic E-state index is 13.7. The number of ketones is 1. The van der Waals surface area contributed by atoms with Crippen molar-refractivity contribution in [3.63, 3.8) is 0 Å². The number of unbranched alkanes of at least 4 members (excludes halogenated alkanes) is 2. The quantitative estimate of drug-likeness (QED) is 0.264. The van der Waals surface area contributed by atoms with Crippen molar-refractivity contribution < 1.29 is 40.7 Å². The summed E-state index contributed by atoms with van der Waals surface area (Å²) in [5, 5.41) is 1.76. The molecule has 4 rings (SSSR count). The molecule has 3 aromatic rings. The number of carbonyl (C=O) groups excluding carboxylic acids is 1. The molecular formula is C27H32ClNO5. The first kappa shape index (κ1) is 25.6. The fourth-order valence-electron chi connectivity index (χ4n) is 4.79. The Balaban J connectivity index is 0.00000324. The van der Waals surface area contributed by atoms with Crippen LogP contribution in [0.4, 0.5) is 0 Å². The van der Waals surface area contributed by atoms with Gasteiger partial charge in [0.05, 0.1) is 45.0 Å². The molecule has 6 nitrogen and oxygen atoms in total. The van der Waals surface area contributed by atoms with E-state index in [0.29, 0.717) is 29.4 Å². The van der Waals surface area contributed by atoms with Crippen LogP contribution in [0.15, 0.2) is 30.5 Å². The van der Waals surface area contributed by atoms with Gasteiger partial charge in [0.25, 0.3) is 0 Å². The zero-order valence-electron chi connectivity index (χ0n) is 20.5. The van der Waals surface area contributed by atoms with Crippen LogP contribution in [-0.4, -0.2) is 34.2 Å². The van der Waals surface area contributed by atoms with E-state index >= 15 is 0 Å². The van der Waals surface area contributed by atoms with Crippen LogP contribution >= 0.6 is 0 Å². The highest BCUT2D eigenvalue weighted by atomic mass is 35.5. The van der Waals surface area contributed by atoms with E-state index in [1.807, 2.05) is 24.3 Å². The van der Waals surface area contributed by atoms with Crippen molar-refractivity contribution in [2.45, 2.75) is 45.6 Å². The summed E-state index contributed by atoms with van der Waals surface area (Å²) >= 11 is 0. The van der Waals surface area contributed by atoms with Crippen molar-refractivity contribution in [3.8, 4) is 34.3 Å². The number of halogens is 1. The molecule has 0 fully saturated rings. The normalized spacial score (nSPS) is 11.8. The van der Waals surface area contributed by atoms with E-state index in [9.17, 15) is 4.79 Å². The average Bonchev–Trinajstić information content (AvgIpc) is 2.85. The van der Waals surface area contributed by atoms with E-state index in [1.165, 1.54) is 0 Å². The molecule has 2 aromatic carbocycles. The number of Topliss-reactive ketones (excluding diaryl/α,β-unsaturated/α-hetero) is 1. The molecule has 1 aromatic heterocycles. The first-order valence-electron chi connectivity index (χ1n) is 11.5. The van der Waals surface area contributed by atoms with Gasteiger partial charge in [0.15, 0.2) is 41.5 Å². The lowest BCUT2D eigenvalue weighted by Gasteiger charge is -2.21. The third kappa shape index (κ3) is 4.39. The van der Waals surface area contributed by atoms with Crippen molar-refractivity contribution in [2.24, 2.45) is 0 Å². The topological polar surface area (TPSA) is 57.9 Å². The lowest BCUT2D eigenvalue weighted by atomic mass is 9.88. The van der Waals surface area contributed by atoms with Gasteiger partial charge in [0.2, 0.25) is 5.69 Å². The minimum Gasteiger partial charge on any atom is -1.00 e. The zero-order chi connectivity index (χ0) is 23.5. The molecule has 0 amide bonds. The Morgan fingerprint density at radius 1 is 0.912 bits per heavy atom. The molecule has 0 spiro atoms. The highest BCUT2D eigenvalue weighted by Crippen LogP contribution is 2.42. The largest absolute Gasteiger partial charge is 1.00 e. The van der Waals surface area contributed by atoms with E-state index in [2.05, 4.69) is 17.7 Å². The molecule has 34 heavy (non-hydrogen) atoms. The van der Waals surface area contributed by atoms with Crippen molar-refractivity contribution >= 4 is 16.6 Å². The second-order valence-electron chi connectivity index (χ2n) is 8.30. The summed E-state index contributed by atoms with van der Waals surface area (Å²) < 4.78 is 24.6. The lowest BCUT2D eigenvalue weighted by molar-refractivity contribution is -0.686. The molecule has 7 heteroatoms. The van der Waals surface area contributed by atoms with Gasteiger partial charge in [-0.05, 0) is 36.2 Å². The van der Waals surface area contributed by atoms with Gasteiger partial charge in [-0.3, -0.25) is 4.79 Å². The van der Waals surface area contributed by atoms with E-state index < -0.39 is 0 Å². The SMILES string of the molecule is CCCCCC(=O)c1c2[n+](cc3c(OC)c(OC)ccc13)CCc1cc(OC)c(OC)cc1-2.[Cl-]. The Labute approximate surface area is 207 Å². The number of aryl methyl sites for hydroxylation is 2. The minimum absolute atomic E-state index is 0. The van der Waals surface area contributed by atoms with Crippen LogP contribution in [0.1, 0.15) is 48.5 Å². The van der Waals surface area contributed by atoms with Gasteiger partial charge in [-0.1, -0.05) is 19.8 Å². The van der Waals surface area contributed by atoms with Crippen molar-refractivity contribution in [1.82, 2.24) is 0 Å². The Morgan fingerprint density at radius 3 is 2.26 bits per heavy atom. The number of pyridine rings is 1. The fraction of sp³-hybridized carbons (Fsp3) is 0.407. The number of fused-ring (bicyclic) bond motifs is 4. The summed E-state index contributed by atoms with van der Waals surface area (Å²) in [6.45, 7) is 2.90. The molecule has 2 heterocycles. The molecular weight excluding hydrogens is 454 g/mol. The summed E-state index contributed by atoms with van der Waals surface area (Å²) in [7, 11) is 6.54. The first-order valence-corrected chi connectivity index (χ1v) is 11.5. The Morgan fingerprint density at radius 2 is 1.62 bits per heavy atom. The summed E-state index contributed by atoms with van der Waals surface area (Å²) in [5.74, 6) is 2.80. The summed E-state index contributed by atoms with van der Waals surface area (Å²) in [5.41, 5.74) is 3.82. The second-order valence-corrected chi connectivity index (χ2v) is 8.30. The molecule has 0 saturated carbocycles. The highest BCUT2D eigenvalue weighted by Gasteiger charge is 2.33. The summed E-state index contributed by atoms with van der Waals surface area (Å²) in [4.78, 5) is 13.7.